The minimum atomic E-state index is 0.0673. The maximum atomic E-state index is 6.77. The number of rotatable bonds is 4. The molecule has 4 aromatic heterocycles. The van der Waals surface area contributed by atoms with E-state index in [9.17, 15) is 0 Å². The Morgan fingerprint density at radius 3 is 1.59 bits per heavy atom. The fourth-order valence-corrected chi connectivity index (χ4v) is 8.33. The number of para-hydroxylation sites is 3. The summed E-state index contributed by atoms with van der Waals surface area (Å²) in [7, 11) is 52.6. The van der Waals surface area contributed by atoms with Crippen molar-refractivity contribution in [3.63, 3.8) is 0 Å². The second kappa shape index (κ2) is 13.0. The van der Waals surface area contributed by atoms with Gasteiger partial charge in [0.05, 0.1) is 5.56 Å². The van der Waals surface area contributed by atoms with Crippen molar-refractivity contribution in [2.24, 2.45) is 0 Å². The molecule has 16 radical (unpaired) electrons. The van der Waals surface area contributed by atoms with E-state index in [0.29, 0.717) is 55.7 Å². The highest BCUT2D eigenvalue weighted by Gasteiger charge is 2.26. The molecular weight excluding hydrogens is 715 g/mol. The van der Waals surface area contributed by atoms with Crippen LogP contribution in [-0.4, -0.2) is 82.3 Å². The van der Waals surface area contributed by atoms with Gasteiger partial charge < -0.3 is 8.83 Å². The first-order valence-corrected chi connectivity index (χ1v) is 18.6. The molecular formula is C45H18B8N4O2. The summed E-state index contributed by atoms with van der Waals surface area (Å²) in [6.07, 6.45) is 0. The Bertz CT molecular complexity index is 3540. The van der Waals surface area contributed by atoms with Crippen LogP contribution in [0.3, 0.4) is 0 Å². The third kappa shape index (κ3) is 5.08. The Morgan fingerprint density at radius 1 is 0.390 bits per heavy atom. The predicted octanol–water partition coefficient (Wildman–Crippen LogP) is 2.12. The summed E-state index contributed by atoms with van der Waals surface area (Å²) in [5.74, 6) is 0.763. The predicted molar refractivity (Wildman–Crippen MR) is 248 cm³/mol. The molecule has 0 saturated carbocycles. The molecule has 11 rings (SSSR count). The van der Waals surface area contributed by atoms with Crippen molar-refractivity contribution in [1.82, 2.24) is 19.5 Å². The summed E-state index contributed by atoms with van der Waals surface area (Å²) >= 11 is 0. The van der Waals surface area contributed by atoms with Crippen molar-refractivity contribution in [2.75, 3.05) is 0 Å². The minimum absolute atomic E-state index is 0.0673. The summed E-state index contributed by atoms with van der Waals surface area (Å²) in [6.45, 7) is 0. The molecule has 7 aromatic carbocycles. The summed E-state index contributed by atoms with van der Waals surface area (Å²) < 4.78 is 14.7. The Labute approximate surface area is 348 Å². The van der Waals surface area contributed by atoms with Crippen LogP contribution in [0.1, 0.15) is 0 Å². The van der Waals surface area contributed by atoms with Crippen LogP contribution in [-0.2, 0) is 0 Å². The number of aromatic nitrogens is 4. The van der Waals surface area contributed by atoms with E-state index in [4.69, 9.17) is 86.6 Å². The number of fused-ring (bicyclic) bond motifs is 9. The van der Waals surface area contributed by atoms with Gasteiger partial charge >= 0.3 is 0 Å². The molecule has 4 heterocycles. The van der Waals surface area contributed by atoms with Gasteiger partial charge in [0.15, 0.2) is 11.6 Å². The van der Waals surface area contributed by atoms with E-state index in [2.05, 4.69) is 24.3 Å². The molecule has 0 unspecified atom stereocenters. The number of furan rings is 2. The van der Waals surface area contributed by atoms with E-state index in [1.54, 1.807) is 4.57 Å². The molecule has 0 aliphatic carbocycles. The first kappa shape index (κ1) is 35.6. The lowest BCUT2D eigenvalue weighted by atomic mass is 9.63. The molecule has 0 N–H and O–H groups in total. The van der Waals surface area contributed by atoms with Crippen LogP contribution < -0.4 is 43.7 Å². The highest BCUT2D eigenvalue weighted by molar-refractivity contribution is 6.71. The average Bonchev–Trinajstić information content (AvgIpc) is 3.96. The van der Waals surface area contributed by atoms with Crippen molar-refractivity contribution < 1.29 is 8.83 Å². The smallest absolute Gasteiger partial charge is 0.238 e. The summed E-state index contributed by atoms with van der Waals surface area (Å²) in [5.41, 5.74) is 7.57. The molecule has 0 saturated heterocycles. The zero-order valence-electron chi connectivity index (χ0n) is 31.1. The summed E-state index contributed by atoms with van der Waals surface area (Å²) in [4.78, 5) is 15.1. The molecule has 0 atom stereocenters. The molecule has 59 heavy (non-hydrogen) atoms. The molecule has 0 fully saturated rings. The highest BCUT2D eigenvalue weighted by Crippen LogP contribution is 2.40. The summed E-state index contributed by atoms with van der Waals surface area (Å²) in [6, 6.07) is 35.7. The van der Waals surface area contributed by atoms with E-state index in [0.717, 1.165) is 43.8 Å². The third-order valence-electron chi connectivity index (χ3n) is 11.3. The summed E-state index contributed by atoms with van der Waals surface area (Å²) in [5, 5.41) is 4.62. The normalized spacial score (nSPS) is 11.9. The van der Waals surface area contributed by atoms with Crippen LogP contribution in [0.4, 0.5) is 0 Å². The largest absolute Gasteiger partial charge is 0.455 e. The second-order valence-corrected chi connectivity index (χ2v) is 14.5. The molecule has 254 valence electrons. The Kier molecular flexibility index (Phi) is 7.84. The Hall–Kier alpha value is -6.53. The third-order valence-corrected chi connectivity index (χ3v) is 11.3. The lowest BCUT2D eigenvalue weighted by molar-refractivity contribution is 0.668. The van der Waals surface area contributed by atoms with Gasteiger partial charge in [0.1, 0.15) is 85.1 Å². The van der Waals surface area contributed by atoms with Crippen molar-refractivity contribution in [3.8, 4) is 39.9 Å². The standard InChI is InChI=1S/C45H18B8N4O2/c46-31-29-30-32(47)34(49)36(51)38(53)40(30)57(39(29)37(52)35(50)33(31)48)45-55-43(19-8-2-1-3-9-19)54-44(56-45)25-14-7-13-24-26-18-20(16-17-28(26)59-42(24)25)21-11-6-12-23-22-10-4-5-15-27(22)58-41(21)23/h1-18H. The van der Waals surface area contributed by atoms with Crippen molar-refractivity contribution >= 4 is 172 Å². The van der Waals surface area contributed by atoms with E-state index >= 15 is 0 Å². The molecule has 0 aliphatic heterocycles. The number of nitrogens with zero attached hydrogens (tertiary/aromatic N) is 4. The lowest BCUT2D eigenvalue weighted by Crippen LogP contribution is -2.49. The van der Waals surface area contributed by atoms with Crippen molar-refractivity contribution in [2.45, 2.75) is 0 Å². The minimum Gasteiger partial charge on any atom is -0.455 e. The quantitative estimate of drug-likeness (QED) is 0.260. The molecule has 6 nitrogen and oxygen atoms in total. The van der Waals surface area contributed by atoms with Crippen molar-refractivity contribution in [1.29, 1.82) is 0 Å². The fraction of sp³-hybridized carbons (Fsp3) is 0. The topological polar surface area (TPSA) is 69.9 Å². The molecule has 0 bridgehead atoms. The number of benzene rings is 7. The van der Waals surface area contributed by atoms with Crippen LogP contribution in [0, 0.1) is 0 Å². The first-order valence-electron chi connectivity index (χ1n) is 18.6. The molecule has 11 aromatic rings. The highest BCUT2D eigenvalue weighted by atomic mass is 16.3. The Balaban J connectivity index is 1.18. The van der Waals surface area contributed by atoms with Crippen LogP contribution in [0.25, 0.3) is 106 Å². The zero-order chi connectivity index (χ0) is 40.4. The van der Waals surface area contributed by atoms with E-state index in [1.807, 2.05) is 84.9 Å². The average molecular weight is 733 g/mol. The maximum absolute atomic E-state index is 6.77. The van der Waals surface area contributed by atoms with Crippen molar-refractivity contribution in [3.05, 3.63) is 109 Å². The van der Waals surface area contributed by atoms with Gasteiger partial charge in [0.25, 0.3) is 0 Å². The van der Waals surface area contributed by atoms with E-state index in [1.165, 1.54) is 0 Å². The number of hydrogen-bond acceptors (Lipinski definition) is 5. The van der Waals surface area contributed by atoms with Gasteiger partial charge in [0, 0.05) is 43.7 Å². The van der Waals surface area contributed by atoms with Gasteiger partial charge in [-0.2, -0.15) is 9.97 Å². The van der Waals surface area contributed by atoms with Gasteiger partial charge in [0.2, 0.25) is 5.95 Å². The van der Waals surface area contributed by atoms with Crippen LogP contribution in [0.15, 0.2) is 118 Å². The van der Waals surface area contributed by atoms with Crippen LogP contribution in [0.2, 0.25) is 0 Å². The first-order chi connectivity index (χ1) is 28.6. The molecule has 14 heteroatoms. The SMILES string of the molecule is [B]c1c([B])c([B])c2c(c1[B])c1c([B])c([B])c([B])c([B])c1n2-c1nc(-c2ccccc2)nc(-c2cccc3c2oc2ccc(-c4cccc5c4oc4ccccc45)cc23)n1. The van der Waals surface area contributed by atoms with E-state index < -0.39 is 0 Å². The maximum Gasteiger partial charge on any atom is 0.238 e. The van der Waals surface area contributed by atoms with Gasteiger partial charge in [-0.3, -0.25) is 4.57 Å². The second-order valence-electron chi connectivity index (χ2n) is 14.5. The van der Waals surface area contributed by atoms with Gasteiger partial charge in [-0.15, -0.1) is 21.9 Å². The van der Waals surface area contributed by atoms with Crippen LogP contribution in [0.5, 0.6) is 0 Å². The van der Waals surface area contributed by atoms with E-state index in [-0.39, 0.29) is 49.7 Å². The Morgan fingerprint density at radius 2 is 0.915 bits per heavy atom. The molecule has 0 amide bonds. The van der Waals surface area contributed by atoms with Gasteiger partial charge in [-0.05, 0) is 40.6 Å². The van der Waals surface area contributed by atoms with Gasteiger partial charge in [-0.25, -0.2) is 4.98 Å². The molecule has 0 aliphatic rings. The molecule has 0 spiro atoms. The fourth-order valence-electron chi connectivity index (χ4n) is 8.33. The monoisotopic (exact) mass is 734 g/mol. The number of hydrogen-bond donors (Lipinski definition) is 0. The van der Waals surface area contributed by atoms with Crippen LogP contribution >= 0.6 is 0 Å². The lowest BCUT2D eigenvalue weighted by Gasteiger charge is -2.17. The van der Waals surface area contributed by atoms with Gasteiger partial charge in [-0.1, -0.05) is 107 Å². The zero-order valence-corrected chi connectivity index (χ0v) is 31.1.